The van der Waals surface area contributed by atoms with Gasteiger partial charge in [0.25, 0.3) is 0 Å². The van der Waals surface area contributed by atoms with E-state index < -0.39 is 0 Å². The summed E-state index contributed by atoms with van der Waals surface area (Å²) in [6, 6.07) is 17.5. The van der Waals surface area contributed by atoms with Gasteiger partial charge in [0.05, 0.1) is 18.9 Å². The number of benzene rings is 2. The highest BCUT2D eigenvalue weighted by Crippen LogP contribution is 2.23. The fourth-order valence-electron chi connectivity index (χ4n) is 3.20. The number of anilines is 4. The van der Waals surface area contributed by atoms with Crippen LogP contribution >= 0.6 is 11.6 Å². The van der Waals surface area contributed by atoms with Gasteiger partial charge in [-0.3, -0.25) is 4.79 Å². The molecule has 1 aromatic heterocycles. The van der Waals surface area contributed by atoms with Crippen molar-refractivity contribution in [3.63, 3.8) is 0 Å². The monoisotopic (exact) mass is 423 g/mol. The van der Waals surface area contributed by atoms with Crippen LogP contribution in [0.15, 0.2) is 60.8 Å². The average molecular weight is 424 g/mol. The minimum absolute atomic E-state index is 0.0733. The van der Waals surface area contributed by atoms with Crippen LogP contribution < -0.4 is 15.5 Å². The third-order valence-corrected chi connectivity index (χ3v) is 4.98. The van der Waals surface area contributed by atoms with Crippen LogP contribution in [0.1, 0.15) is 0 Å². The lowest BCUT2D eigenvalue weighted by atomic mass is 10.1. The van der Waals surface area contributed by atoms with Gasteiger partial charge in [-0.1, -0.05) is 12.1 Å². The van der Waals surface area contributed by atoms with Gasteiger partial charge in [0.1, 0.15) is 5.88 Å². The molecule has 2 aromatic carbocycles. The van der Waals surface area contributed by atoms with Crippen molar-refractivity contribution in [3.8, 4) is 11.3 Å². The number of nitrogens with zero attached hydrogens (tertiary/aromatic N) is 3. The van der Waals surface area contributed by atoms with Gasteiger partial charge in [-0.05, 0) is 42.5 Å². The molecule has 1 amide bonds. The molecule has 1 aliphatic heterocycles. The third-order valence-electron chi connectivity index (χ3n) is 4.74. The Hall–Kier alpha value is -3.16. The molecule has 0 unspecified atom stereocenters. The molecule has 4 rings (SSSR count). The van der Waals surface area contributed by atoms with Crippen LogP contribution in [0.5, 0.6) is 0 Å². The molecule has 0 saturated carbocycles. The van der Waals surface area contributed by atoms with E-state index in [2.05, 4.69) is 37.6 Å². The molecule has 1 fully saturated rings. The van der Waals surface area contributed by atoms with Crippen molar-refractivity contribution < 1.29 is 9.53 Å². The van der Waals surface area contributed by atoms with Crippen LogP contribution in [0, 0.1) is 0 Å². The van der Waals surface area contributed by atoms with Gasteiger partial charge in [0, 0.05) is 41.9 Å². The minimum atomic E-state index is -0.238. The molecule has 8 heteroatoms. The molecule has 0 radical (unpaired) electrons. The maximum Gasteiger partial charge on any atom is 0.239 e. The number of carbonyl (C=O) groups excluding carboxylic acids is 1. The van der Waals surface area contributed by atoms with Crippen molar-refractivity contribution in [2.45, 2.75) is 0 Å². The fourth-order valence-corrected chi connectivity index (χ4v) is 3.27. The number of hydrogen-bond donors (Lipinski definition) is 2. The zero-order valence-electron chi connectivity index (χ0n) is 16.3. The Balaban J connectivity index is 1.43. The Kier molecular flexibility index (Phi) is 6.41. The molecule has 0 aliphatic carbocycles. The summed E-state index contributed by atoms with van der Waals surface area (Å²) in [4.78, 5) is 22.6. The predicted molar refractivity (Wildman–Crippen MR) is 120 cm³/mol. The first-order chi connectivity index (χ1) is 14.7. The molecule has 0 spiro atoms. The van der Waals surface area contributed by atoms with Crippen LogP contribution in [0.25, 0.3) is 11.3 Å². The van der Waals surface area contributed by atoms with E-state index in [1.54, 1.807) is 6.20 Å². The molecule has 2 heterocycles. The standard InChI is InChI=1S/C22H22ClN5O2/c23-15-21(29)25-17-3-1-16(2-4-17)20-9-10-24-22(27-20)26-18-5-7-19(8-6-18)28-11-13-30-14-12-28/h1-10H,11-15H2,(H,25,29)(H,24,26,27). The number of ether oxygens (including phenoxy) is 1. The average Bonchev–Trinajstić information content (AvgIpc) is 2.81. The number of hydrogen-bond acceptors (Lipinski definition) is 6. The molecule has 1 aliphatic rings. The van der Waals surface area contributed by atoms with Gasteiger partial charge in [-0.2, -0.15) is 0 Å². The van der Waals surface area contributed by atoms with Gasteiger partial charge in [0.15, 0.2) is 0 Å². The van der Waals surface area contributed by atoms with Gasteiger partial charge >= 0.3 is 0 Å². The van der Waals surface area contributed by atoms with Crippen molar-refractivity contribution >= 4 is 40.5 Å². The third kappa shape index (κ3) is 5.06. The van der Waals surface area contributed by atoms with Crippen molar-refractivity contribution in [3.05, 3.63) is 60.8 Å². The highest BCUT2D eigenvalue weighted by atomic mass is 35.5. The van der Waals surface area contributed by atoms with E-state index in [1.165, 1.54) is 5.69 Å². The van der Waals surface area contributed by atoms with E-state index in [0.29, 0.717) is 11.6 Å². The number of nitrogens with one attached hydrogen (secondary N) is 2. The Labute approximate surface area is 180 Å². The van der Waals surface area contributed by atoms with E-state index >= 15 is 0 Å². The number of amides is 1. The molecule has 0 atom stereocenters. The quantitative estimate of drug-likeness (QED) is 0.585. The van der Waals surface area contributed by atoms with E-state index in [9.17, 15) is 4.79 Å². The highest BCUT2D eigenvalue weighted by Gasteiger charge is 2.11. The number of alkyl halides is 1. The zero-order valence-corrected chi connectivity index (χ0v) is 17.1. The topological polar surface area (TPSA) is 79.4 Å². The molecular formula is C22H22ClN5O2. The van der Waals surface area contributed by atoms with Crippen LogP contribution in [0.3, 0.4) is 0 Å². The molecule has 0 bridgehead atoms. The molecule has 2 N–H and O–H groups in total. The summed E-state index contributed by atoms with van der Waals surface area (Å²) >= 11 is 5.52. The lowest BCUT2D eigenvalue weighted by molar-refractivity contribution is -0.113. The van der Waals surface area contributed by atoms with Gasteiger partial charge in [-0.15, -0.1) is 11.6 Å². The Bertz CT molecular complexity index is 989. The van der Waals surface area contributed by atoms with Crippen molar-refractivity contribution in [2.24, 2.45) is 0 Å². The summed E-state index contributed by atoms with van der Waals surface area (Å²) in [7, 11) is 0. The van der Waals surface area contributed by atoms with E-state index in [1.807, 2.05) is 42.5 Å². The molecule has 1 saturated heterocycles. The fraction of sp³-hybridized carbons (Fsp3) is 0.227. The summed E-state index contributed by atoms with van der Waals surface area (Å²) in [6.07, 6.45) is 1.72. The van der Waals surface area contributed by atoms with Crippen LogP contribution in [-0.4, -0.2) is 48.1 Å². The van der Waals surface area contributed by atoms with Crippen molar-refractivity contribution in [1.29, 1.82) is 0 Å². The van der Waals surface area contributed by atoms with E-state index in [4.69, 9.17) is 16.3 Å². The maximum absolute atomic E-state index is 11.4. The van der Waals surface area contributed by atoms with Crippen LogP contribution in [0.4, 0.5) is 23.0 Å². The first-order valence-corrected chi connectivity index (χ1v) is 10.2. The second-order valence-electron chi connectivity index (χ2n) is 6.80. The second-order valence-corrected chi connectivity index (χ2v) is 7.06. The first kappa shape index (κ1) is 20.1. The maximum atomic E-state index is 11.4. The molecule has 3 aromatic rings. The van der Waals surface area contributed by atoms with Gasteiger partial charge in [0.2, 0.25) is 11.9 Å². The molecule has 7 nitrogen and oxygen atoms in total. The number of rotatable bonds is 6. The van der Waals surface area contributed by atoms with Crippen molar-refractivity contribution in [1.82, 2.24) is 9.97 Å². The van der Waals surface area contributed by atoms with Crippen LogP contribution in [-0.2, 0) is 9.53 Å². The first-order valence-electron chi connectivity index (χ1n) is 9.70. The minimum Gasteiger partial charge on any atom is -0.378 e. The predicted octanol–water partition coefficient (Wildman–Crippen LogP) is 3.90. The Morgan fingerprint density at radius 1 is 1.00 bits per heavy atom. The highest BCUT2D eigenvalue weighted by molar-refractivity contribution is 6.29. The van der Waals surface area contributed by atoms with E-state index in [0.717, 1.165) is 43.2 Å². The molecule has 30 heavy (non-hydrogen) atoms. The summed E-state index contributed by atoms with van der Waals surface area (Å²) < 4.78 is 5.41. The Morgan fingerprint density at radius 3 is 2.40 bits per heavy atom. The summed E-state index contributed by atoms with van der Waals surface area (Å²) in [5.74, 6) is 0.208. The lowest BCUT2D eigenvalue weighted by Gasteiger charge is -2.28. The number of morpholine rings is 1. The zero-order chi connectivity index (χ0) is 20.8. The summed E-state index contributed by atoms with van der Waals surface area (Å²) in [5.41, 5.74) is 4.50. The largest absolute Gasteiger partial charge is 0.378 e. The lowest BCUT2D eigenvalue weighted by Crippen LogP contribution is -2.36. The molecule has 154 valence electrons. The van der Waals surface area contributed by atoms with Gasteiger partial charge < -0.3 is 20.3 Å². The SMILES string of the molecule is O=C(CCl)Nc1ccc(-c2ccnc(Nc3ccc(N4CCOCC4)cc3)n2)cc1. The summed E-state index contributed by atoms with van der Waals surface area (Å²) in [5, 5.41) is 5.97. The normalized spacial score (nSPS) is 13.7. The number of halogens is 1. The van der Waals surface area contributed by atoms with Gasteiger partial charge in [-0.25, -0.2) is 9.97 Å². The Morgan fingerprint density at radius 2 is 1.70 bits per heavy atom. The number of aromatic nitrogens is 2. The van der Waals surface area contributed by atoms with Crippen LogP contribution in [0.2, 0.25) is 0 Å². The second kappa shape index (κ2) is 9.56. The van der Waals surface area contributed by atoms with Crippen molar-refractivity contribution in [2.75, 3.05) is 47.7 Å². The molecular weight excluding hydrogens is 402 g/mol. The number of carbonyl (C=O) groups is 1. The van der Waals surface area contributed by atoms with E-state index in [-0.39, 0.29) is 11.8 Å². The summed E-state index contributed by atoms with van der Waals surface area (Å²) in [6.45, 7) is 3.35. The smallest absolute Gasteiger partial charge is 0.239 e.